The first kappa shape index (κ1) is 11.7. The quantitative estimate of drug-likeness (QED) is 0.847. The van der Waals surface area contributed by atoms with Crippen LogP contribution in [0, 0.1) is 5.92 Å². The molecule has 1 aliphatic heterocycles. The van der Waals surface area contributed by atoms with Crippen molar-refractivity contribution >= 4 is 10.8 Å². The van der Waals surface area contributed by atoms with Gasteiger partial charge in [-0.3, -0.25) is 0 Å². The van der Waals surface area contributed by atoms with Gasteiger partial charge in [-0.15, -0.1) is 0 Å². The summed E-state index contributed by atoms with van der Waals surface area (Å²) in [7, 11) is 0. The van der Waals surface area contributed by atoms with Gasteiger partial charge in [0.2, 0.25) is 0 Å². The SMILES string of the molecule is NC(c1ccc2ccccc2c1)C1CCCNC1. The molecular formula is C16H20N2. The van der Waals surface area contributed by atoms with Crippen molar-refractivity contribution in [2.45, 2.75) is 18.9 Å². The summed E-state index contributed by atoms with van der Waals surface area (Å²) in [6.45, 7) is 2.19. The number of nitrogens with two attached hydrogens (primary N) is 1. The molecular weight excluding hydrogens is 220 g/mol. The van der Waals surface area contributed by atoms with E-state index in [4.69, 9.17) is 5.73 Å². The molecule has 1 heterocycles. The van der Waals surface area contributed by atoms with Crippen LogP contribution in [0.15, 0.2) is 42.5 Å². The molecule has 18 heavy (non-hydrogen) atoms. The Morgan fingerprint density at radius 1 is 1.11 bits per heavy atom. The lowest BCUT2D eigenvalue weighted by molar-refractivity contribution is 0.326. The molecule has 1 fully saturated rings. The highest BCUT2D eigenvalue weighted by molar-refractivity contribution is 5.83. The van der Waals surface area contributed by atoms with E-state index in [0.29, 0.717) is 5.92 Å². The smallest absolute Gasteiger partial charge is 0.0335 e. The molecule has 94 valence electrons. The zero-order chi connectivity index (χ0) is 12.4. The molecule has 0 aromatic heterocycles. The third-order valence-electron chi connectivity index (χ3n) is 4.00. The molecule has 0 radical (unpaired) electrons. The molecule has 2 heteroatoms. The van der Waals surface area contributed by atoms with E-state index in [-0.39, 0.29) is 6.04 Å². The van der Waals surface area contributed by atoms with Gasteiger partial charge in [0.1, 0.15) is 0 Å². The van der Waals surface area contributed by atoms with Gasteiger partial charge in [-0.05, 0) is 54.3 Å². The third-order valence-corrected chi connectivity index (χ3v) is 4.00. The Balaban J connectivity index is 1.88. The van der Waals surface area contributed by atoms with Gasteiger partial charge in [0, 0.05) is 6.04 Å². The highest BCUT2D eigenvalue weighted by Crippen LogP contribution is 2.27. The van der Waals surface area contributed by atoms with Crippen LogP contribution >= 0.6 is 0 Å². The van der Waals surface area contributed by atoms with E-state index in [1.807, 2.05) is 0 Å². The monoisotopic (exact) mass is 240 g/mol. The highest BCUT2D eigenvalue weighted by atomic mass is 14.9. The number of hydrogen-bond acceptors (Lipinski definition) is 2. The van der Waals surface area contributed by atoms with Crippen molar-refractivity contribution in [1.82, 2.24) is 5.32 Å². The van der Waals surface area contributed by atoms with Crippen LogP contribution in [0.1, 0.15) is 24.4 Å². The van der Waals surface area contributed by atoms with Crippen molar-refractivity contribution in [2.75, 3.05) is 13.1 Å². The lowest BCUT2D eigenvalue weighted by Gasteiger charge is -2.28. The fourth-order valence-electron chi connectivity index (χ4n) is 2.87. The third kappa shape index (κ3) is 2.26. The van der Waals surface area contributed by atoms with Crippen molar-refractivity contribution in [3.05, 3.63) is 48.0 Å². The average Bonchev–Trinajstić information content (AvgIpc) is 2.47. The molecule has 0 amide bonds. The van der Waals surface area contributed by atoms with E-state index < -0.39 is 0 Å². The van der Waals surface area contributed by atoms with Crippen LogP contribution in [0.4, 0.5) is 0 Å². The molecule has 2 nitrogen and oxygen atoms in total. The zero-order valence-electron chi connectivity index (χ0n) is 10.6. The minimum absolute atomic E-state index is 0.155. The standard InChI is InChI=1S/C16H20N2/c17-16(15-6-3-9-18-11-15)14-8-7-12-4-1-2-5-13(12)10-14/h1-2,4-5,7-8,10,15-16,18H,3,6,9,11,17H2. The maximum absolute atomic E-state index is 6.42. The average molecular weight is 240 g/mol. The maximum Gasteiger partial charge on any atom is 0.0335 e. The Kier molecular flexibility index (Phi) is 3.31. The largest absolute Gasteiger partial charge is 0.324 e. The number of fused-ring (bicyclic) bond motifs is 1. The van der Waals surface area contributed by atoms with Crippen molar-refractivity contribution < 1.29 is 0 Å². The summed E-state index contributed by atoms with van der Waals surface area (Å²) in [6, 6.07) is 15.2. The van der Waals surface area contributed by atoms with Gasteiger partial charge in [-0.25, -0.2) is 0 Å². The number of benzene rings is 2. The van der Waals surface area contributed by atoms with E-state index in [2.05, 4.69) is 47.8 Å². The molecule has 2 atom stereocenters. The first-order chi connectivity index (χ1) is 8.84. The summed E-state index contributed by atoms with van der Waals surface area (Å²) < 4.78 is 0. The van der Waals surface area contributed by atoms with E-state index in [1.165, 1.54) is 29.2 Å². The molecule has 2 unspecified atom stereocenters. The molecule has 0 spiro atoms. The maximum atomic E-state index is 6.42. The van der Waals surface area contributed by atoms with Crippen molar-refractivity contribution in [2.24, 2.45) is 11.7 Å². The van der Waals surface area contributed by atoms with Gasteiger partial charge in [-0.2, -0.15) is 0 Å². The molecule has 0 saturated carbocycles. The highest BCUT2D eigenvalue weighted by Gasteiger charge is 2.21. The number of nitrogens with one attached hydrogen (secondary N) is 1. The summed E-state index contributed by atoms with van der Waals surface area (Å²) in [5.74, 6) is 0.569. The Hall–Kier alpha value is -1.38. The predicted octanol–water partition coefficient (Wildman–Crippen LogP) is 2.84. The van der Waals surface area contributed by atoms with Crippen LogP contribution in [0.3, 0.4) is 0 Å². The minimum Gasteiger partial charge on any atom is -0.324 e. The lowest BCUT2D eigenvalue weighted by atomic mass is 9.87. The molecule has 3 rings (SSSR count). The van der Waals surface area contributed by atoms with Gasteiger partial charge in [0.25, 0.3) is 0 Å². The fraction of sp³-hybridized carbons (Fsp3) is 0.375. The second-order valence-corrected chi connectivity index (χ2v) is 5.24. The fourth-order valence-corrected chi connectivity index (χ4v) is 2.87. The summed E-state index contributed by atoms with van der Waals surface area (Å²) in [6.07, 6.45) is 2.48. The number of piperidine rings is 1. The van der Waals surface area contributed by atoms with Gasteiger partial charge >= 0.3 is 0 Å². The lowest BCUT2D eigenvalue weighted by Crippen LogP contribution is -2.36. The van der Waals surface area contributed by atoms with Gasteiger partial charge in [0.15, 0.2) is 0 Å². The Morgan fingerprint density at radius 3 is 2.72 bits per heavy atom. The van der Waals surface area contributed by atoms with Crippen LogP contribution in [0.5, 0.6) is 0 Å². The molecule has 3 N–H and O–H groups in total. The second-order valence-electron chi connectivity index (χ2n) is 5.24. The van der Waals surface area contributed by atoms with E-state index in [0.717, 1.165) is 13.1 Å². The zero-order valence-corrected chi connectivity index (χ0v) is 10.6. The first-order valence-electron chi connectivity index (χ1n) is 6.79. The Labute approximate surface area is 108 Å². The van der Waals surface area contributed by atoms with Crippen molar-refractivity contribution in [1.29, 1.82) is 0 Å². The minimum atomic E-state index is 0.155. The van der Waals surface area contributed by atoms with Crippen LogP contribution < -0.4 is 11.1 Å². The molecule has 0 bridgehead atoms. The van der Waals surface area contributed by atoms with Gasteiger partial charge < -0.3 is 11.1 Å². The van der Waals surface area contributed by atoms with Crippen LogP contribution in [-0.2, 0) is 0 Å². The van der Waals surface area contributed by atoms with Crippen LogP contribution in [-0.4, -0.2) is 13.1 Å². The van der Waals surface area contributed by atoms with E-state index >= 15 is 0 Å². The summed E-state index contributed by atoms with van der Waals surface area (Å²) >= 11 is 0. The molecule has 2 aromatic carbocycles. The van der Waals surface area contributed by atoms with Crippen LogP contribution in [0.25, 0.3) is 10.8 Å². The Morgan fingerprint density at radius 2 is 1.94 bits per heavy atom. The van der Waals surface area contributed by atoms with E-state index in [9.17, 15) is 0 Å². The molecule has 1 aliphatic rings. The summed E-state index contributed by atoms with van der Waals surface area (Å²) in [4.78, 5) is 0. The topological polar surface area (TPSA) is 38.0 Å². The van der Waals surface area contributed by atoms with Crippen LogP contribution in [0.2, 0.25) is 0 Å². The second kappa shape index (κ2) is 5.09. The van der Waals surface area contributed by atoms with Crippen molar-refractivity contribution in [3.63, 3.8) is 0 Å². The number of hydrogen-bond donors (Lipinski definition) is 2. The summed E-state index contributed by atoms with van der Waals surface area (Å²) in [5.41, 5.74) is 7.69. The van der Waals surface area contributed by atoms with E-state index in [1.54, 1.807) is 0 Å². The molecule has 0 aliphatic carbocycles. The summed E-state index contributed by atoms with van der Waals surface area (Å²) in [5, 5.41) is 6.02. The molecule has 1 saturated heterocycles. The normalized spacial score (nSPS) is 21.9. The molecule has 2 aromatic rings. The van der Waals surface area contributed by atoms with Crippen molar-refractivity contribution in [3.8, 4) is 0 Å². The Bertz CT molecular complexity index is 529. The predicted molar refractivity (Wildman–Crippen MR) is 76.5 cm³/mol. The van der Waals surface area contributed by atoms with Gasteiger partial charge in [0.05, 0.1) is 0 Å². The van der Waals surface area contributed by atoms with Gasteiger partial charge in [-0.1, -0.05) is 36.4 Å². The first-order valence-corrected chi connectivity index (χ1v) is 6.79. The number of rotatable bonds is 2.